The Morgan fingerprint density at radius 2 is 2.12 bits per heavy atom. The molecule has 1 aromatic carbocycles. The molecule has 2 unspecified atom stereocenters. The molecule has 2 rings (SSSR count). The van der Waals surface area contributed by atoms with E-state index in [4.69, 9.17) is 4.74 Å². The second kappa shape index (κ2) is 5.14. The molecule has 4 nitrogen and oxygen atoms in total. The molecule has 0 aromatic heterocycles. The minimum Gasteiger partial charge on any atom is -0.393 e. The second-order valence-electron chi connectivity index (χ2n) is 4.66. The van der Waals surface area contributed by atoms with Gasteiger partial charge in [-0.3, -0.25) is 0 Å². The molecule has 2 N–H and O–H groups in total. The van der Waals surface area contributed by atoms with E-state index in [0.717, 1.165) is 12.1 Å². The van der Waals surface area contributed by atoms with Crippen molar-refractivity contribution in [1.82, 2.24) is 4.90 Å². The van der Waals surface area contributed by atoms with Crippen LogP contribution in [0.5, 0.6) is 0 Å². The standard InChI is InChI=1S/C13H19NO3/c1-14-7-8-17-12(13(16,9-14)10-15)11-5-3-2-4-6-11/h2-6,12,15-16H,7-10H2,1H3. The van der Waals surface area contributed by atoms with Crippen molar-refractivity contribution in [2.45, 2.75) is 11.7 Å². The van der Waals surface area contributed by atoms with Gasteiger partial charge >= 0.3 is 0 Å². The fraction of sp³-hybridized carbons (Fsp3) is 0.538. The maximum Gasteiger partial charge on any atom is 0.130 e. The van der Waals surface area contributed by atoms with Crippen molar-refractivity contribution in [2.75, 3.05) is 33.4 Å². The summed E-state index contributed by atoms with van der Waals surface area (Å²) in [6, 6.07) is 9.56. The zero-order chi connectivity index (χ0) is 12.3. The topological polar surface area (TPSA) is 52.9 Å². The van der Waals surface area contributed by atoms with Gasteiger partial charge < -0.3 is 19.8 Å². The van der Waals surface area contributed by atoms with E-state index in [1.54, 1.807) is 0 Å². The molecule has 1 aliphatic rings. The Morgan fingerprint density at radius 3 is 2.76 bits per heavy atom. The number of aliphatic hydroxyl groups is 2. The molecule has 94 valence electrons. The van der Waals surface area contributed by atoms with Crippen LogP contribution in [0.3, 0.4) is 0 Å². The monoisotopic (exact) mass is 237 g/mol. The summed E-state index contributed by atoms with van der Waals surface area (Å²) in [5, 5.41) is 20.0. The summed E-state index contributed by atoms with van der Waals surface area (Å²) in [6.45, 7) is 1.41. The van der Waals surface area contributed by atoms with E-state index >= 15 is 0 Å². The highest BCUT2D eigenvalue weighted by Crippen LogP contribution is 2.31. The number of aliphatic hydroxyl groups excluding tert-OH is 1. The highest BCUT2D eigenvalue weighted by Gasteiger charge is 2.40. The molecule has 0 amide bonds. The first-order chi connectivity index (χ1) is 8.15. The van der Waals surface area contributed by atoms with Gasteiger partial charge in [0.1, 0.15) is 11.7 Å². The maximum absolute atomic E-state index is 10.5. The maximum atomic E-state index is 10.5. The van der Waals surface area contributed by atoms with Crippen LogP contribution in [0.15, 0.2) is 30.3 Å². The SMILES string of the molecule is CN1CCOC(c2ccccc2)C(O)(CO)C1. The molecule has 1 saturated heterocycles. The lowest BCUT2D eigenvalue weighted by Gasteiger charge is -2.34. The van der Waals surface area contributed by atoms with E-state index in [1.807, 2.05) is 42.3 Å². The fourth-order valence-corrected chi connectivity index (χ4v) is 2.28. The van der Waals surface area contributed by atoms with Crippen LogP contribution in [0.2, 0.25) is 0 Å². The lowest BCUT2D eigenvalue weighted by atomic mass is 9.91. The summed E-state index contributed by atoms with van der Waals surface area (Å²) in [5.74, 6) is 0. The minimum absolute atomic E-state index is 0.309. The largest absolute Gasteiger partial charge is 0.393 e. The van der Waals surface area contributed by atoms with Gasteiger partial charge in [-0.1, -0.05) is 30.3 Å². The smallest absolute Gasteiger partial charge is 0.130 e. The minimum atomic E-state index is -1.24. The van der Waals surface area contributed by atoms with Gasteiger partial charge in [-0.05, 0) is 12.6 Å². The Morgan fingerprint density at radius 1 is 1.41 bits per heavy atom. The molecule has 4 heteroatoms. The summed E-state index contributed by atoms with van der Waals surface area (Å²) in [6.07, 6.45) is -0.473. The predicted octanol–water partition coefficient (Wildman–Crippen LogP) is 0.413. The van der Waals surface area contributed by atoms with Crippen molar-refractivity contribution >= 4 is 0 Å². The van der Waals surface area contributed by atoms with E-state index in [0.29, 0.717) is 13.2 Å². The normalized spacial score (nSPS) is 31.1. The van der Waals surface area contributed by atoms with Crippen LogP contribution in [-0.4, -0.2) is 54.1 Å². The molecule has 1 heterocycles. The molecule has 1 fully saturated rings. The van der Waals surface area contributed by atoms with Gasteiger partial charge in [0.2, 0.25) is 0 Å². The number of likely N-dealkylation sites (N-methyl/N-ethyl adjacent to an activating group) is 1. The van der Waals surface area contributed by atoms with Crippen molar-refractivity contribution < 1.29 is 14.9 Å². The summed E-state index contributed by atoms with van der Waals surface area (Å²) in [5.41, 5.74) is -0.341. The van der Waals surface area contributed by atoms with Gasteiger partial charge in [-0.25, -0.2) is 0 Å². The number of nitrogens with zero attached hydrogens (tertiary/aromatic N) is 1. The first kappa shape index (κ1) is 12.5. The van der Waals surface area contributed by atoms with Crippen LogP contribution in [0.1, 0.15) is 11.7 Å². The van der Waals surface area contributed by atoms with Gasteiger partial charge in [0, 0.05) is 13.1 Å². The van der Waals surface area contributed by atoms with E-state index in [-0.39, 0.29) is 6.61 Å². The van der Waals surface area contributed by atoms with Gasteiger partial charge in [-0.2, -0.15) is 0 Å². The van der Waals surface area contributed by atoms with Crippen molar-refractivity contribution in [1.29, 1.82) is 0 Å². The number of hydrogen-bond acceptors (Lipinski definition) is 4. The van der Waals surface area contributed by atoms with Crippen LogP contribution >= 0.6 is 0 Å². The Balaban J connectivity index is 2.29. The first-order valence-electron chi connectivity index (χ1n) is 5.84. The van der Waals surface area contributed by atoms with Crippen molar-refractivity contribution in [3.05, 3.63) is 35.9 Å². The lowest BCUT2D eigenvalue weighted by molar-refractivity contribution is -0.124. The quantitative estimate of drug-likeness (QED) is 0.782. The van der Waals surface area contributed by atoms with E-state index in [9.17, 15) is 10.2 Å². The molecular weight excluding hydrogens is 218 g/mol. The Kier molecular flexibility index (Phi) is 3.79. The average Bonchev–Trinajstić information content (AvgIpc) is 2.49. The van der Waals surface area contributed by atoms with Gasteiger partial charge in [0.05, 0.1) is 13.2 Å². The molecule has 17 heavy (non-hydrogen) atoms. The summed E-state index contributed by atoms with van der Waals surface area (Å²) < 4.78 is 5.71. The molecule has 2 atom stereocenters. The zero-order valence-electron chi connectivity index (χ0n) is 10.0. The van der Waals surface area contributed by atoms with E-state index < -0.39 is 11.7 Å². The van der Waals surface area contributed by atoms with Gasteiger partial charge in [0.15, 0.2) is 0 Å². The summed E-state index contributed by atoms with van der Waals surface area (Å²) in [7, 11) is 1.91. The third-order valence-corrected chi connectivity index (χ3v) is 3.17. The lowest BCUT2D eigenvalue weighted by Crippen LogP contribution is -2.47. The zero-order valence-corrected chi connectivity index (χ0v) is 10.0. The van der Waals surface area contributed by atoms with Crippen LogP contribution in [-0.2, 0) is 4.74 Å². The molecule has 0 aliphatic carbocycles. The average molecular weight is 237 g/mol. The third kappa shape index (κ3) is 2.66. The molecule has 0 spiro atoms. The summed E-state index contributed by atoms with van der Waals surface area (Å²) >= 11 is 0. The fourth-order valence-electron chi connectivity index (χ4n) is 2.28. The molecule has 1 aliphatic heterocycles. The second-order valence-corrected chi connectivity index (χ2v) is 4.66. The van der Waals surface area contributed by atoms with Crippen LogP contribution < -0.4 is 0 Å². The number of rotatable bonds is 2. The number of ether oxygens (including phenoxy) is 1. The Bertz CT molecular complexity index is 357. The van der Waals surface area contributed by atoms with E-state index in [1.165, 1.54) is 0 Å². The molecule has 0 radical (unpaired) electrons. The van der Waals surface area contributed by atoms with Crippen molar-refractivity contribution in [3.8, 4) is 0 Å². The first-order valence-corrected chi connectivity index (χ1v) is 5.84. The van der Waals surface area contributed by atoms with Crippen molar-refractivity contribution in [3.63, 3.8) is 0 Å². The Hall–Kier alpha value is -0.940. The molecule has 0 bridgehead atoms. The molecule has 0 saturated carbocycles. The molecular formula is C13H19NO3. The van der Waals surface area contributed by atoms with Crippen LogP contribution in [0.25, 0.3) is 0 Å². The van der Waals surface area contributed by atoms with Crippen molar-refractivity contribution in [2.24, 2.45) is 0 Å². The number of β-amino-alcohol motifs (C(OH)–C–C–N with tert-alkyl or cyclic N) is 1. The Labute approximate surface area is 101 Å². The van der Waals surface area contributed by atoms with E-state index in [2.05, 4.69) is 0 Å². The van der Waals surface area contributed by atoms with Crippen LogP contribution in [0, 0.1) is 0 Å². The highest BCUT2D eigenvalue weighted by atomic mass is 16.5. The van der Waals surface area contributed by atoms with Gasteiger partial charge in [-0.15, -0.1) is 0 Å². The summed E-state index contributed by atoms with van der Waals surface area (Å²) in [4.78, 5) is 1.97. The number of benzene rings is 1. The van der Waals surface area contributed by atoms with Crippen LogP contribution in [0.4, 0.5) is 0 Å². The highest BCUT2D eigenvalue weighted by molar-refractivity contribution is 5.21. The van der Waals surface area contributed by atoms with Gasteiger partial charge in [0.25, 0.3) is 0 Å². The number of hydrogen-bond donors (Lipinski definition) is 2. The predicted molar refractivity (Wildman–Crippen MR) is 64.7 cm³/mol. The molecule has 1 aromatic rings. The third-order valence-electron chi connectivity index (χ3n) is 3.17.